The minimum atomic E-state index is -0.290. The Hall–Kier alpha value is -3.58. The Kier molecular flexibility index (Phi) is 4.84. The van der Waals surface area contributed by atoms with E-state index in [1.807, 2.05) is 54.0 Å². The van der Waals surface area contributed by atoms with Crippen molar-refractivity contribution in [3.05, 3.63) is 89.7 Å². The van der Waals surface area contributed by atoms with Crippen LogP contribution in [0.25, 0.3) is 16.3 Å². The van der Waals surface area contributed by atoms with E-state index in [1.165, 1.54) is 0 Å². The average molecular weight is 373 g/mol. The van der Waals surface area contributed by atoms with Gasteiger partial charge in [-0.2, -0.15) is 10.2 Å². The molecule has 1 N–H and O–H groups in total. The molecule has 4 aromatic rings. The molecule has 0 saturated carbocycles. The Balaban J connectivity index is 1.61. The fourth-order valence-corrected chi connectivity index (χ4v) is 3.26. The van der Waals surface area contributed by atoms with Crippen molar-refractivity contribution in [3.8, 4) is 16.3 Å². The van der Waals surface area contributed by atoms with Gasteiger partial charge < -0.3 is 0 Å². The van der Waals surface area contributed by atoms with E-state index in [9.17, 15) is 4.79 Å². The van der Waals surface area contributed by atoms with E-state index in [0.717, 1.165) is 21.8 Å². The molecule has 0 spiro atoms. The van der Waals surface area contributed by atoms with E-state index < -0.39 is 0 Å². The number of hydrazone groups is 1. The zero-order chi connectivity index (χ0) is 18.5. The van der Waals surface area contributed by atoms with Crippen molar-refractivity contribution in [3.63, 3.8) is 0 Å². The van der Waals surface area contributed by atoms with Crippen LogP contribution in [-0.2, 0) is 0 Å². The quantitative estimate of drug-likeness (QED) is 0.428. The highest BCUT2D eigenvalue weighted by Crippen LogP contribution is 2.26. The molecule has 6 nitrogen and oxygen atoms in total. The molecule has 0 aliphatic heterocycles. The van der Waals surface area contributed by atoms with E-state index in [2.05, 4.69) is 15.5 Å². The van der Waals surface area contributed by atoms with Crippen molar-refractivity contribution < 1.29 is 4.79 Å². The van der Waals surface area contributed by atoms with Crippen LogP contribution in [0.2, 0.25) is 0 Å². The third-order valence-electron chi connectivity index (χ3n) is 3.83. The number of nitrogens with zero attached hydrogens (tertiary/aromatic N) is 4. The molecule has 4 rings (SSSR count). The number of benzene rings is 1. The van der Waals surface area contributed by atoms with Crippen LogP contribution < -0.4 is 5.43 Å². The maximum Gasteiger partial charge on any atom is 0.271 e. The first-order valence-electron chi connectivity index (χ1n) is 8.23. The molecule has 3 aromatic heterocycles. The number of pyridine rings is 1. The molecule has 132 valence electrons. The number of hydrogen-bond donors (Lipinski definition) is 1. The van der Waals surface area contributed by atoms with Crippen LogP contribution in [-0.4, -0.2) is 26.9 Å². The topological polar surface area (TPSA) is 72.2 Å². The number of amides is 1. The molecule has 0 aliphatic carbocycles. The standard InChI is InChI=1S/C20H15N5OS/c26-20(15-8-10-21-11-9-15)23-22-13-16-14-25(17-5-2-1-3-6-17)24-19(16)18-7-4-12-27-18/h1-14H,(H,23,26)/b22-13+. The number of aromatic nitrogens is 3. The summed E-state index contributed by atoms with van der Waals surface area (Å²) in [5.41, 5.74) is 5.62. The van der Waals surface area contributed by atoms with Gasteiger partial charge in [-0.05, 0) is 35.7 Å². The lowest BCUT2D eigenvalue weighted by atomic mass is 10.2. The van der Waals surface area contributed by atoms with Crippen LogP contribution in [0, 0.1) is 0 Å². The maximum atomic E-state index is 12.1. The van der Waals surface area contributed by atoms with Gasteiger partial charge in [0, 0.05) is 29.7 Å². The molecule has 0 radical (unpaired) electrons. The van der Waals surface area contributed by atoms with Gasteiger partial charge in [0.05, 0.1) is 16.8 Å². The Morgan fingerprint density at radius 3 is 2.63 bits per heavy atom. The monoisotopic (exact) mass is 373 g/mol. The minimum absolute atomic E-state index is 0.290. The molecule has 0 saturated heterocycles. The Bertz CT molecular complexity index is 1060. The predicted octanol–water partition coefficient (Wildman–Crippen LogP) is 3.76. The molecule has 0 fully saturated rings. The van der Waals surface area contributed by atoms with Crippen molar-refractivity contribution in [2.45, 2.75) is 0 Å². The maximum absolute atomic E-state index is 12.1. The van der Waals surface area contributed by atoms with Crippen molar-refractivity contribution in [2.24, 2.45) is 5.10 Å². The van der Waals surface area contributed by atoms with E-state index in [1.54, 1.807) is 46.8 Å². The van der Waals surface area contributed by atoms with Gasteiger partial charge in [0.1, 0.15) is 5.69 Å². The lowest BCUT2D eigenvalue weighted by Gasteiger charge is -1.98. The lowest BCUT2D eigenvalue weighted by molar-refractivity contribution is 0.0955. The zero-order valence-electron chi connectivity index (χ0n) is 14.2. The SMILES string of the molecule is O=C(N/N=C/c1cn(-c2ccccc2)nc1-c1cccs1)c1ccncc1. The highest BCUT2D eigenvalue weighted by Gasteiger charge is 2.12. The van der Waals surface area contributed by atoms with Gasteiger partial charge in [-0.1, -0.05) is 24.3 Å². The second-order valence-electron chi connectivity index (χ2n) is 5.63. The van der Waals surface area contributed by atoms with Gasteiger partial charge in [0.15, 0.2) is 0 Å². The van der Waals surface area contributed by atoms with E-state index in [-0.39, 0.29) is 5.91 Å². The van der Waals surface area contributed by atoms with Crippen LogP contribution in [0.1, 0.15) is 15.9 Å². The first-order chi connectivity index (χ1) is 13.3. The van der Waals surface area contributed by atoms with Gasteiger partial charge in [-0.3, -0.25) is 9.78 Å². The van der Waals surface area contributed by atoms with Crippen LogP contribution in [0.15, 0.2) is 83.7 Å². The molecular weight excluding hydrogens is 358 g/mol. The highest BCUT2D eigenvalue weighted by atomic mass is 32.1. The van der Waals surface area contributed by atoms with Gasteiger partial charge in [0.25, 0.3) is 5.91 Å². The summed E-state index contributed by atoms with van der Waals surface area (Å²) < 4.78 is 1.81. The van der Waals surface area contributed by atoms with Crippen molar-refractivity contribution in [1.82, 2.24) is 20.2 Å². The first-order valence-corrected chi connectivity index (χ1v) is 9.11. The van der Waals surface area contributed by atoms with Gasteiger partial charge in [0.2, 0.25) is 0 Å². The van der Waals surface area contributed by atoms with E-state index in [0.29, 0.717) is 5.56 Å². The second-order valence-corrected chi connectivity index (χ2v) is 6.57. The predicted molar refractivity (Wildman–Crippen MR) is 106 cm³/mol. The number of carbonyl (C=O) groups excluding carboxylic acids is 1. The molecule has 1 aromatic carbocycles. The zero-order valence-corrected chi connectivity index (χ0v) is 15.0. The van der Waals surface area contributed by atoms with Crippen LogP contribution in [0.3, 0.4) is 0 Å². The van der Waals surface area contributed by atoms with Crippen molar-refractivity contribution in [2.75, 3.05) is 0 Å². The van der Waals surface area contributed by atoms with Crippen molar-refractivity contribution in [1.29, 1.82) is 0 Å². The molecule has 1 amide bonds. The molecule has 0 atom stereocenters. The third-order valence-corrected chi connectivity index (χ3v) is 4.71. The summed E-state index contributed by atoms with van der Waals surface area (Å²) in [5, 5.41) is 10.8. The number of para-hydroxylation sites is 1. The summed E-state index contributed by atoms with van der Waals surface area (Å²) >= 11 is 1.60. The number of hydrogen-bond acceptors (Lipinski definition) is 5. The molecule has 7 heteroatoms. The van der Waals surface area contributed by atoms with Crippen LogP contribution in [0.5, 0.6) is 0 Å². The molecular formula is C20H15N5OS. The Labute approximate surface area is 159 Å². The van der Waals surface area contributed by atoms with Crippen molar-refractivity contribution >= 4 is 23.5 Å². The minimum Gasteiger partial charge on any atom is -0.267 e. The second kappa shape index (κ2) is 7.76. The van der Waals surface area contributed by atoms with Gasteiger partial charge in [-0.25, -0.2) is 10.1 Å². The van der Waals surface area contributed by atoms with E-state index in [4.69, 9.17) is 5.10 Å². The molecule has 27 heavy (non-hydrogen) atoms. The normalized spacial score (nSPS) is 11.0. The molecule has 0 unspecified atom stereocenters. The highest BCUT2D eigenvalue weighted by molar-refractivity contribution is 7.13. The fraction of sp³-hybridized carbons (Fsp3) is 0. The first kappa shape index (κ1) is 16.9. The van der Waals surface area contributed by atoms with Gasteiger partial charge in [-0.15, -0.1) is 11.3 Å². The Morgan fingerprint density at radius 1 is 1.07 bits per heavy atom. The molecule has 3 heterocycles. The smallest absolute Gasteiger partial charge is 0.267 e. The summed E-state index contributed by atoms with van der Waals surface area (Å²) in [6.45, 7) is 0. The summed E-state index contributed by atoms with van der Waals surface area (Å²) in [5.74, 6) is -0.290. The number of thiophene rings is 1. The fourth-order valence-electron chi connectivity index (χ4n) is 2.53. The Morgan fingerprint density at radius 2 is 1.89 bits per heavy atom. The lowest BCUT2D eigenvalue weighted by Crippen LogP contribution is -2.17. The van der Waals surface area contributed by atoms with Crippen LogP contribution >= 0.6 is 11.3 Å². The molecule has 0 aliphatic rings. The summed E-state index contributed by atoms with van der Waals surface area (Å²) in [4.78, 5) is 17.0. The number of carbonyl (C=O) groups is 1. The number of nitrogens with one attached hydrogen (secondary N) is 1. The average Bonchev–Trinajstić information content (AvgIpc) is 3.39. The number of rotatable bonds is 5. The summed E-state index contributed by atoms with van der Waals surface area (Å²) in [6, 6.07) is 17.1. The van der Waals surface area contributed by atoms with Gasteiger partial charge >= 0.3 is 0 Å². The largest absolute Gasteiger partial charge is 0.271 e. The van der Waals surface area contributed by atoms with Crippen LogP contribution in [0.4, 0.5) is 0 Å². The summed E-state index contributed by atoms with van der Waals surface area (Å²) in [7, 11) is 0. The summed E-state index contributed by atoms with van der Waals surface area (Å²) in [6.07, 6.45) is 6.64. The molecule has 0 bridgehead atoms. The third kappa shape index (κ3) is 3.83. The van der Waals surface area contributed by atoms with E-state index >= 15 is 0 Å².